The van der Waals surface area contributed by atoms with E-state index < -0.39 is 68.9 Å². The van der Waals surface area contributed by atoms with E-state index in [1.807, 2.05) is 6.92 Å². The third-order valence-electron chi connectivity index (χ3n) is 5.54. The molecule has 0 unspecified atom stereocenters. The summed E-state index contributed by atoms with van der Waals surface area (Å²) in [5.74, 6) is -6.39. The number of halogens is 9. The summed E-state index contributed by atoms with van der Waals surface area (Å²) in [6.45, 7) is 1.96. The molecule has 200 valence electrons. The van der Waals surface area contributed by atoms with Crippen molar-refractivity contribution in [3.63, 3.8) is 0 Å². The number of alkyl halides is 3. The minimum atomic E-state index is -5.03. The zero-order valence-electron chi connectivity index (χ0n) is 19.8. The molecular formula is C28H15F9N2. The normalized spacial score (nSPS) is 11.3. The van der Waals surface area contributed by atoms with Gasteiger partial charge in [0.05, 0.1) is 16.7 Å². The number of aromatic nitrogens is 2. The lowest BCUT2D eigenvalue weighted by atomic mass is 9.96. The molecule has 0 bridgehead atoms. The molecule has 3 aromatic carbocycles. The van der Waals surface area contributed by atoms with Crippen molar-refractivity contribution in [1.29, 1.82) is 0 Å². The third kappa shape index (κ3) is 6.06. The molecule has 0 fully saturated rings. The van der Waals surface area contributed by atoms with Gasteiger partial charge in [0.1, 0.15) is 34.9 Å². The first-order valence-corrected chi connectivity index (χ1v) is 11.3. The van der Waals surface area contributed by atoms with Crippen LogP contribution in [0, 0.1) is 46.7 Å². The lowest BCUT2D eigenvalue weighted by Crippen LogP contribution is -2.03. The largest absolute Gasteiger partial charge is 0.458 e. The summed E-state index contributed by atoms with van der Waals surface area (Å²) in [6.07, 6.45) is -0.441. The average Bonchev–Trinajstić information content (AvgIpc) is 2.82. The molecule has 2 nitrogen and oxygen atoms in total. The lowest BCUT2D eigenvalue weighted by Gasteiger charge is -2.12. The lowest BCUT2D eigenvalue weighted by molar-refractivity contribution is -0.0696. The van der Waals surface area contributed by atoms with Gasteiger partial charge >= 0.3 is 6.18 Å². The zero-order valence-corrected chi connectivity index (χ0v) is 19.8. The predicted molar refractivity (Wildman–Crippen MR) is 125 cm³/mol. The number of benzene rings is 3. The van der Waals surface area contributed by atoms with Gasteiger partial charge in [-0.05, 0) is 59.5 Å². The first-order chi connectivity index (χ1) is 18.4. The zero-order chi connectivity index (χ0) is 28.5. The number of aryl methyl sites for hydroxylation is 1. The Balaban J connectivity index is 1.72. The van der Waals surface area contributed by atoms with E-state index in [-0.39, 0.29) is 11.4 Å². The summed E-state index contributed by atoms with van der Waals surface area (Å²) >= 11 is 0. The van der Waals surface area contributed by atoms with Crippen molar-refractivity contribution < 1.29 is 39.5 Å². The van der Waals surface area contributed by atoms with Crippen molar-refractivity contribution in [1.82, 2.24) is 9.97 Å². The number of hydrogen-bond donors (Lipinski definition) is 0. The van der Waals surface area contributed by atoms with Crippen LogP contribution in [-0.4, -0.2) is 16.1 Å². The van der Waals surface area contributed by atoms with Gasteiger partial charge in [-0.2, -0.15) is 13.2 Å². The van der Waals surface area contributed by atoms with Crippen LogP contribution in [0.25, 0.3) is 33.6 Å². The van der Waals surface area contributed by atoms with Crippen LogP contribution in [0.1, 0.15) is 24.5 Å². The molecule has 0 aliphatic heterocycles. The molecule has 1 heterocycles. The molecule has 0 atom stereocenters. The van der Waals surface area contributed by atoms with Gasteiger partial charge in [-0.25, -0.2) is 36.3 Å². The van der Waals surface area contributed by atoms with Crippen molar-refractivity contribution in [2.45, 2.75) is 25.9 Å². The van der Waals surface area contributed by atoms with E-state index in [9.17, 15) is 39.5 Å². The number of nitrogens with zero attached hydrogens (tertiary/aromatic N) is 2. The monoisotopic (exact) mass is 550 g/mol. The van der Waals surface area contributed by atoms with Crippen molar-refractivity contribution >= 4 is 0 Å². The Bertz CT molecular complexity index is 1550. The Labute approximate surface area is 216 Å². The summed E-state index contributed by atoms with van der Waals surface area (Å²) in [4.78, 5) is 8.16. The fourth-order valence-electron chi connectivity index (χ4n) is 3.86. The molecule has 0 spiro atoms. The summed E-state index contributed by atoms with van der Waals surface area (Å²) in [5.41, 5.74) is -3.44. The molecule has 0 aliphatic rings. The number of hydrogen-bond acceptors (Lipinski definition) is 2. The van der Waals surface area contributed by atoms with E-state index in [2.05, 4.69) is 9.97 Å². The Morgan fingerprint density at radius 1 is 0.641 bits per heavy atom. The van der Waals surface area contributed by atoms with Crippen molar-refractivity contribution in [3.05, 3.63) is 94.8 Å². The SMILES string of the molecule is CCCc1cnc(-c2cc(F)c(-c3cc(F)c(-c4cc(F)c(C#CC(F)(F)F)c(F)c4)c(F)c3)c(F)c2)nc1. The van der Waals surface area contributed by atoms with Crippen LogP contribution in [0.5, 0.6) is 0 Å². The average molecular weight is 550 g/mol. The Morgan fingerprint density at radius 2 is 1.05 bits per heavy atom. The standard InChI is InChI=1S/C28H15F9N2/c1-2-3-14-12-38-27(39-13-14)17-10-23(33)26(24(34)11-17)16-8-21(31)25(22(32)9-16)15-6-19(29)18(20(30)7-15)4-5-28(35,36)37/h6-13H,2-3H2,1H3. The smallest absolute Gasteiger partial charge is 0.236 e. The van der Waals surface area contributed by atoms with E-state index in [0.717, 1.165) is 24.1 Å². The fraction of sp³-hybridized carbons (Fsp3) is 0.143. The summed E-state index contributed by atoms with van der Waals surface area (Å²) in [6, 6.07) is 3.69. The second kappa shape index (κ2) is 10.8. The fourth-order valence-corrected chi connectivity index (χ4v) is 3.86. The second-order valence-electron chi connectivity index (χ2n) is 8.36. The molecule has 39 heavy (non-hydrogen) atoms. The Hall–Kier alpha value is -4.33. The highest BCUT2D eigenvalue weighted by Crippen LogP contribution is 2.36. The summed E-state index contributed by atoms with van der Waals surface area (Å²) in [5, 5.41) is 0. The maximum absolute atomic E-state index is 14.9. The molecule has 0 saturated heterocycles. The molecule has 0 radical (unpaired) electrons. The topological polar surface area (TPSA) is 25.8 Å². The van der Waals surface area contributed by atoms with Crippen molar-refractivity contribution in [2.24, 2.45) is 0 Å². The maximum Gasteiger partial charge on any atom is 0.458 e. The molecular weight excluding hydrogens is 535 g/mol. The van der Waals surface area contributed by atoms with Crippen LogP contribution in [0.2, 0.25) is 0 Å². The van der Waals surface area contributed by atoms with Crippen molar-refractivity contribution in [3.8, 4) is 45.5 Å². The molecule has 0 N–H and O–H groups in total. The quantitative estimate of drug-likeness (QED) is 0.185. The van der Waals surface area contributed by atoms with Crippen LogP contribution in [0.4, 0.5) is 39.5 Å². The van der Waals surface area contributed by atoms with Gasteiger partial charge in [0.25, 0.3) is 0 Å². The molecule has 0 amide bonds. The van der Waals surface area contributed by atoms with Gasteiger partial charge in [-0.3, -0.25) is 0 Å². The van der Waals surface area contributed by atoms with Crippen LogP contribution in [0.3, 0.4) is 0 Å². The Kier molecular flexibility index (Phi) is 7.67. The van der Waals surface area contributed by atoms with Gasteiger partial charge in [0, 0.05) is 23.9 Å². The van der Waals surface area contributed by atoms with Crippen LogP contribution in [-0.2, 0) is 6.42 Å². The van der Waals surface area contributed by atoms with E-state index in [1.54, 1.807) is 0 Å². The van der Waals surface area contributed by atoms with Gasteiger partial charge in [0.15, 0.2) is 5.82 Å². The van der Waals surface area contributed by atoms with E-state index in [1.165, 1.54) is 18.3 Å². The van der Waals surface area contributed by atoms with Crippen LogP contribution >= 0.6 is 0 Å². The molecule has 0 aliphatic carbocycles. The predicted octanol–water partition coefficient (Wildman–Crippen LogP) is 8.18. The van der Waals surface area contributed by atoms with Gasteiger partial charge in [-0.1, -0.05) is 19.3 Å². The molecule has 11 heteroatoms. The van der Waals surface area contributed by atoms with Gasteiger partial charge < -0.3 is 0 Å². The van der Waals surface area contributed by atoms with Crippen LogP contribution < -0.4 is 0 Å². The first-order valence-electron chi connectivity index (χ1n) is 11.3. The minimum Gasteiger partial charge on any atom is -0.236 e. The highest BCUT2D eigenvalue weighted by molar-refractivity contribution is 5.74. The molecule has 4 rings (SSSR count). The van der Waals surface area contributed by atoms with E-state index >= 15 is 0 Å². The second-order valence-corrected chi connectivity index (χ2v) is 8.36. The van der Waals surface area contributed by atoms with Gasteiger partial charge in [-0.15, -0.1) is 0 Å². The third-order valence-corrected chi connectivity index (χ3v) is 5.54. The maximum atomic E-state index is 14.9. The van der Waals surface area contributed by atoms with Crippen LogP contribution in [0.15, 0.2) is 48.8 Å². The number of rotatable bonds is 5. The molecule has 0 saturated carbocycles. The van der Waals surface area contributed by atoms with Crippen molar-refractivity contribution in [2.75, 3.05) is 0 Å². The van der Waals surface area contributed by atoms with E-state index in [0.29, 0.717) is 36.6 Å². The summed E-state index contributed by atoms with van der Waals surface area (Å²) in [7, 11) is 0. The Morgan fingerprint density at radius 3 is 1.46 bits per heavy atom. The summed E-state index contributed by atoms with van der Waals surface area (Å²) < 4.78 is 125. The first kappa shape index (κ1) is 27.7. The van der Waals surface area contributed by atoms with Gasteiger partial charge in [0.2, 0.25) is 0 Å². The highest BCUT2D eigenvalue weighted by Gasteiger charge is 2.25. The van der Waals surface area contributed by atoms with E-state index in [4.69, 9.17) is 0 Å². The minimum absolute atomic E-state index is 0.0194. The molecule has 4 aromatic rings. The highest BCUT2D eigenvalue weighted by atomic mass is 19.4. The molecule has 1 aromatic heterocycles.